The molecule has 142 valence electrons. The Morgan fingerprint density at radius 1 is 1.21 bits per heavy atom. The molecule has 4 rings (SSSR count). The van der Waals surface area contributed by atoms with Crippen LogP contribution in [0.5, 0.6) is 0 Å². The van der Waals surface area contributed by atoms with Crippen LogP contribution < -0.4 is 4.90 Å². The van der Waals surface area contributed by atoms with E-state index in [2.05, 4.69) is 21.0 Å². The molecular weight excluding hydrogens is 376 g/mol. The van der Waals surface area contributed by atoms with Gasteiger partial charge in [0.1, 0.15) is 0 Å². The summed E-state index contributed by atoms with van der Waals surface area (Å²) in [5.74, 6) is -0.918. The van der Waals surface area contributed by atoms with Gasteiger partial charge >= 0.3 is 5.97 Å². The molecule has 0 saturated carbocycles. The Balaban J connectivity index is 1.43. The molecule has 0 radical (unpaired) electrons. The molecule has 7 nitrogen and oxygen atoms in total. The van der Waals surface area contributed by atoms with Gasteiger partial charge in [-0.25, -0.2) is 14.8 Å². The number of aryl methyl sites for hydroxylation is 2. The largest absolute Gasteiger partial charge is 0.451 e. The maximum absolute atomic E-state index is 12.6. The summed E-state index contributed by atoms with van der Waals surface area (Å²) in [4.78, 5) is 38.7. The highest BCUT2D eigenvalue weighted by Crippen LogP contribution is 2.32. The molecule has 8 heteroatoms. The standard InChI is InChI=1S/C20H18N4O3S/c1-12-8-22-16(9-21-12)20(26)27-10-19(25)24-6-5-15-7-14(3-4-18(15)24)17-11-28-13(2)23-17/h3-4,7-9,11H,5-6,10H2,1-2H3. The van der Waals surface area contributed by atoms with E-state index in [9.17, 15) is 9.59 Å². The van der Waals surface area contributed by atoms with Gasteiger partial charge < -0.3 is 9.64 Å². The molecule has 2 aromatic heterocycles. The summed E-state index contributed by atoms with van der Waals surface area (Å²) in [6, 6.07) is 5.97. The number of esters is 1. The second-order valence-electron chi connectivity index (χ2n) is 6.51. The minimum absolute atomic E-state index is 0.0865. The second-order valence-corrected chi connectivity index (χ2v) is 7.57. The minimum Gasteiger partial charge on any atom is -0.451 e. The summed E-state index contributed by atoms with van der Waals surface area (Å²) in [6.07, 6.45) is 3.58. The molecule has 0 unspecified atom stereocenters. The number of amides is 1. The molecule has 0 spiro atoms. The van der Waals surface area contributed by atoms with Gasteiger partial charge in [-0.2, -0.15) is 0 Å². The zero-order chi connectivity index (χ0) is 19.7. The smallest absolute Gasteiger partial charge is 0.359 e. The van der Waals surface area contributed by atoms with Crippen LogP contribution in [0.1, 0.15) is 26.8 Å². The Bertz CT molecular complexity index is 1050. The quantitative estimate of drug-likeness (QED) is 0.633. The monoisotopic (exact) mass is 394 g/mol. The van der Waals surface area contributed by atoms with Crippen molar-refractivity contribution in [1.29, 1.82) is 0 Å². The molecule has 1 aliphatic rings. The van der Waals surface area contributed by atoms with Gasteiger partial charge in [-0.1, -0.05) is 6.07 Å². The fourth-order valence-corrected chi connectivity index (χ4v) is 3.72. The number of anilines is 1. The van der Waals surface area contributed by atoms with E-state index < -0.39 is 5.97 Å². The lowest BCUT2D eigenvalue weighted by molar-refractivity contribution is -0.121. The lowest BCUT2D eigenvalue weighted by Gasteiger charge is -2.17. The van der Waals surface area contributed by atoms with E-state index in [1.54, 1.807) is 23.2 Å². The zero-order valence-electron chi connectivity index (χ0n) is 15.5. The summed E-state index contributed by atoms with van der Waals surface area (Å²) in [5, 5.41) is 3.05. The molecule has 1 amide bonds. The predicted octanol–water partition coefficient (Wildman–Crippen LogP) is 2.96. The van der Waals surface area contributed by atoms with E-state index in [0.29, 0.717) is 12.2 Å². The highest BCUT2D eigenvalue weighted by Gasteiger charge is 2.26. The molecule has 0 N–H and O–H groups in total. The average molecular weight is 394 g/mol. The first-order chi connectivity index (χ1) is 13.5. The van der Waals surface area contributed by atoms with E-state index in [1.807, 2.05) is 24.4 Å². The molecule has 28 heavy (non-hydrogen) atoms. The molecule has 3 heterocycles. The van der Waals surface area contributed by atoms with Crippen LogP contribution in [-0.4, -0.2) is 40.0 Å². The summed E-state index contributed by atoms with van der Waals surface area (Å²) >= 11 is 1.61. The number of thiazole rings is 1. The maximum atomic E-state index is 12.6. The van der Waals surface area contributed by atoms with Crippen LogP contribution in [0.4, 0.5) is 5.69 Å². The minimum atomic E-state index is -0.658. The van der Waals surface area contributed by atoms with Crippen LogP contribution in [0, 0.1) is 13.8 Å². The number of rotatable bonds is 4. The Labute approximate surface area is 166 Å². The van der Waals surface area contributed by atoms with Gasteiger partial charge in [-0.3, -0.25) is 9.78 Å². The number of carbonyl (C=O) groups excluding carboxylic acids is 2. The van der Waals surface area contributed by atoms with Crippen molar-refractivity contribution in [1.82, 2.24) is 15.0 Å². The van der Waals surface area contributed by atoms with Crippen LogP contribution in [0.15, 0.2) is 36.0 Å². The summed E-state index contributed by atoms with van der Waals surface area (Å²) in [6.45, 7) is 3.99. The highest BCUT2D eigenvalue weighted by atomic mass is 32.1. The van der Waals surface area contributed by atoms with E-state index >= 15 is 0 Å². The Hall–Kier alpha value is -3.13. The molecular formula is C20H18N4O3S. The van der Waals surface area contributed by atoms with Crippen molar-refractivity contribution in [2.24, 2.45) is 0 Å². The fourth-order valence-electron chi connectivity index (χ4n) is 3.09. The van der Waals surface area contributed by atoms with E-state index in [0.717, 1.165) is 33.9 Å². The van der Waals surface area contributed by atoms with Crippen molar-refractivity contribution in [3.05, 3.63) is 57.9 Å². The van der Waals surface area contributed by atoms with Gasteiger partial charge in [0.05, 0.1) is 22.6 Å². The molecule has 0 bridgehead atoms. The van der Waals surface area contributed by atoms with Crippen molar-refractivity contribution in [3.8, 4) is 11.3 Å². The SMILES string of the molecule is Cc1cnc(C(=O)OCC(=O)N2CCc3cc(-c4csc(C)n4)ccc32)cn1. The van der Waals surface area contributed by atoms with Crippen molar-refractivity contribution >= 4 is 28.9 Å². The van der Waals surface area contributed by atoms with Crippen LogP contribution in [-0.2, 0) is 16.0 Å². The number of carbonyl (C=O) groups is 2. The number of ether oxygens (including phenoxy) is 1. The fraction of sp³-hybridized carbons (Fsp3) is 0.250. The topological polar surface area (TPSA) is 85.3 Å². The Morgan fingerprint density at radius 3 is 2.79 bits per heavy atom. The van der Waals surface area contributed by atoms with E-state index in [1.165, 1.54) is 12.4 Å². The van der Waals surface area contributed by atoms with Crippen LogP contribution in [0.25, 0.3) is 11.3 Å². The number of benzene rings is 1. The van der Waals surface area contributed by atoms with Gasteiger partial charge in [0.25, 0.3) is 5.91 Å². The Kier molecular flexibility index (Phi) is 4.87. The Morgan fingerprint density at radius 2 is 2.07 bits per heavy atom. The molecule has 0 aliphatic carbocycles. The molecule has 3 aromatic rings. The molecule has 0 fully saturated rings. The third-order valence-corrected chi connectivity index (χ3v) is 5.28. The van der Waals surface area contributed by atoms with Gasteiger partial charge in [-0.05, 0) is 38.0 Å². The third-order valence-electron chi connectivity index (χ3n) is 4.51. The average Bonchev–Trinajstić information content (AvgIpc) is 3.32. The van der Waals surface area contributed by atoms with Gasteiger partial charge in [0.2, 0.25) is 0 Å². The molecule has 0 atom stereocenters. The number of fused-ring (bicyclic) bond motifs is 1. The van der Waals surface area contributed by atoms with Crippen molar-refractivity contribution in [2.75, 3.05) is 18.1 Å². The van der Waals surface area contributed by atoms with Crippen molar-refractivity contribution in [2.45, 2.75) is 20.3 Å². The maximum Gasteiger partial charge on any atom is 0.359 e. The highest BCUT2D eigenvalue weighted by molar-refractivity contribution is 7.09. The first-order valence-electron chi connectivity index (χ1n) is 8.83. The van der Waals surface area contributed by atoms with Crippen LogP contribution in [0.2, 0.25) is 0 Å². The van der Waals surface area contributed by atoms with Crippen molar-refractivity contribution < 1.29 is 14.3 Å². The molecule has 0 saturated heterocycles. The molecule has 1 aromatic carbocycles. The predicted molar refractivity (Wildman–Crippen MR) is 105 cm³/mol. The normalized spacial score (nSPS) is 12.7. The van der Waals surface area contributed by atoms with Gasteiger partial charge in [0.15, 0.2) is 12.3 Å². The van der Waals surface area contributed by atoms with E-state index in [-0.39, 0.29) is 18.2 Å². The number of hydrogen-bond acceptors (Lipinski definition) is 7. The first kappa shape index (κ1) is 18.2. The summed E-state index contributed by atoms with van der Waals surface area (Å²) < 4.78 is 5.11. The first-order valence-corrected chi connectivity index (χ1v) is 9.71. The second kappa shape index (κ2) is 7.47. The number of aromatic nitrogens is 3. The van der Waals surface area contributed by atoms with Crippen LogP contribution >= 0.6 is 11.3 Å². The lowest BCUT2D eigenvalue weighted by atomic mass is 10.1. The van der Waals surface area contributed by atoms with E-state index in [4.69, 9.17) is 4.74 Å². The van der Waals surface area contributed by atoms with Crippen molar-refractivity contribution in [3.63, 3.8) is 0 Å². The number of hydrogen-bond donors (Lipinski definition) is 0. The zero-order valence-corrected chi connectivity index (χ0v) is 16.3. The van der Waals surface area contributed by atoms with Gasteiger partial charge in [0, 0.05) is 29.4 Å². The number of nitrogens with zero attached hydrogens (tertiary/aromatic N) is 4. The van der Waals surface area contributed by atoms with Crippen LogP contribution in [0.3, 0.4) is 0 Å². The van der Waals surface area contributed by atoms with Gasteiger partial charge in [-0.15, -0.1) is 11.3 Å². The summed E-state index contributed by atoms with van der Waals surface area (Å²) in [5.41, 5.74) is 4.72. The molecule has 1 aliphatic heterocycles. The lowest BCUT2D eigenvalue weighted by Crippen LogP contribution is -2.33. The third kappa shape index (κ3) is 3.63. The summed E-state index contributed by atoms with van der Waals surface area (Å²) in [7, 11) is 0.